The van der Waals surface area contributed by atoms with Crippen molar-refractivity contribution >= 4 is 52.7 Å². The van der Waals surface area contributed by atoms with E-state index in [-0.39, 0.29) is 49.8 Å². The van der Waals surface area contributed by atoms with Gasteiger partial charge in [0.1, 0.15) is 0 Å². The van der Waals surface area contributed by atoms with Gasteiger partial charge in [0, 0.05) is 33.1 Å². The van der Waals surface area contributed by atoms with E-state index in [1.807, 2.05) is 6.92 Å². The zero-order chi connectivity index (χ0) is 33.7. The fraction of sp³-hybridized carbons (Fsp3) is 0.700. The second-order valence-corrected chi connectivity index (χ2v) is 11.0. The van der Waals surface area contributed by atoms with Crippen molar-refractivity contribution < 1.29 is 43.2 Å². The van der Waals surface area contributed by atoms with E-state index in [1.165, 1.54) is 18.7 Å². The summed E-state index contributed by atoms with van der Waals surface area (Å²) in [6, 6.07) is -1.65. The van der Waals surface area contributed by atoms with Crippen LogP contribution in [0.4, 0.5) is 0 Å². The Labute approximate surface area is 258 Å². The van der Waals surface area contributed by atoms with Crippen LogP contribution in [0.15, 0.2) is 0 Å². The van der Waals surface area contributed by atoms with Gasteiger partial charge in [0.15, 0.2) is 23.1 Å². The van der Waals surface area contributed by atoms with Crippen LogP contribution in [-0.2, 0) is 43.2 Å². The average molecular weight is 624 g/mol. The number of nitrogens with two attached hydrogens (primary N) is 2. The first-order chi connectivity index (χ1) is 20.7. The minimum absolute atomic E-state index is 0.175. The van der Waals surface area contributed by atoms with Gasteiger partial charge in [-0.2, -0.15) is 0 Å². The number of nitrogens with zero attached hydrogens (tertiary/aromatic N) is 1. The Hall–Kier alpha value is -3.97. The molecule has 0 aliphatic rings. The highest BCUT2D eigenvalue weighted by molar-refractivity contribution is 6.01. The van der Waals surface area contributed by atoms with Crippen LogP contribution in [-0.4, -0.2) is 82.7 Å². The molecule has 0 aromatic carbocycles. The highest BCUT2D eigenvalue weighted by Crippen LogP contribution is 2.12. The standard InChI is InChI=1S/C30H49N5O9/c1-4-11-30(44)35(18-22(38)12-7-5-9-14-24(33-20(2)36)26(40)16-28(31)42)19-23(39)13-8-6-10-15-25(34-21(3)37)27(41)17-29(32)43/h24-25H,4-19H2,1-3H3,(H2,31,42)(H2,32,43)(H,33,36)(H,34,37)/t24-,25-/m0/s1. The largest absolute Gasteiger partial charge is 0.369 e. The zero-order valence-corrected chi connectivity index (χ0v) is 26.2. The molecule has 14 nitrogen and oxygen atoms in total. The summed E-state index contributed by atoms with van der Waals surface area (Å²) in [6.07, 6.45) is 3.93. The first kappa shape index (κ1) is 40.0. The molecule has 0 unspecified atom stereocenters. The van der Waals surface area contributed by atoms with Crippen LogP contribution in [0.2, 0.25) is 0 Å². The SMILES string of the molecule is CCCC(=O)N(CC(=O)CCCCC[C@H](NC(C)=O)C(=O)CC(N)=O)CC(=O)CCCCC[C@H](NC(C)=O)C(=O)CC(N)=O. The van der Waals surface area contributed by atoms with Crippen molar-refractivity contribution in [1.29, 1.82) is 0 Å². The lowest BCUT2D eigenvalue weighted by molar-refractivity contribution is -0.138. The number of Topliss-reactive ketones (excluding diaryl/α,β-unsaturated/α-hetero) is 4. The van der Waals surface area contributed by atoms with Crippen LogP contribution in [0.1, 0.15) is 111 Å². The minimum atomic E-state index is -0.827. The Balaban J connectivity index is 4.70. The molecule has 0 aromatic rings. The fourth-order valence-electron chi connectivity index (χ4n) is 4.59. The molecule has 0 aromatic heterocycles. The number of carbonyl (C=O) groups excluding carboxylic acids is 9. The first-order valence-corrected chi connectivity index (χ1v) is 15.1. The van der Waals surface area contributed by atoms with Crippen molar-refractivity contribution in [3.8, 4) is 0 Å². The molecule has 0 saturated heterocycles. The lowest BCUT2D eigenvalue weighted by Gasteiger charge is -2.21. The molecular weight excluding hydrogens is 574 g/mol. The normalized spacial score (nSPS) is 12.0. The molecule has 0 aliphatic carbocycles. The van der Waals surface area contributed by atoms with Gasteiger partial charge in [-0.1, -0.05) is 32.6 Å². The third kappa shape index (κ3) is 20.0. The van der Waals surface area contributed by atoms with Gasteiger partial charge in [-0.3, -0.25) is 43.2 Å². The topological polar surface area (TPSA) is 233 Å². The van der Waals surface area contributed by atoms with Crippen LogP contribution in [0.3, 0.4) is 0 Å². The van der Waals surface area contributed by atoms with E-state index >= 15 is 0 Å². The van der Waals surface area contributed by atoms with Crippen LogP contribution >= 0.6 is 0 Å². The quantitative estimate of drug-likeness (QED) is 0.0777. The van der Waals surface area contributed by atoms with E-state index in [1.54, 1.807) is 0 Å². The Bertz CT molecular complexity index is 972. The van der Waals surface area contributed by atoms with Gasteiger partial charge < -0.3 is 27.0 Å². The number of hydrogen-bond donors (Lipinski definition) is 4. The fourth-order valence-corrected chi connectivity index (χ4v) is 4.59. The number of nitrogens with one attached hydrogen (secondary N) is 2. The molecule has 0 rings (SSSR count). The average Bonchev–Trinajstić information content (AvgIpc) is 2.89. The van der Waals surface area contributed by atoms with Gasteiger partial charge in [-0.25, -0.2) is 0 Å². The smallest absolute Gasteiger partial charge is 0.224 e. The third-order valence-electron chi connectivity index (χ3n) is 6.68. The van der Waals surface area contributed by atoms with Gasteiger partial charge in [0.25, 0.3) is 0 Å². The second kappa shape index (κ2) is 22.6. The van der Waals surface area contributed by atoms with E-state index < -0.39 is 60.1 Å². The summed E-state index contributed by atoms with van der Waals surface area (Å²) in [7, 11) is 0. The highest BCUT2D eigenvalue weighted by Gasteiger charge is 2.23. The number of rotatable bonds is 26. The van der Waals surface area contributed by atoms with Gasteiger partial charge in [0.05, 0.1) is 38.0 Å². The Morgan fingerprint density at radius 1 is 0.591 bits per heavy atom. The zero-order valence-electron chi connectivity index (χ0n) is 26.2. The van der Waals surface area contributed by atoms with Crippen molar-refractivity contribution in [1.82, 2.24) is 15.5 Å². The van der Waals surface area contributed by atoms with Crippen LogP contribution in [0, 0.1) is 0 Å². The van der Waals surface area contributed by atoms with Crippen LogP contribution in [0.25, 0.3) is 0 Å². The molecule has 6 N–H and O–H groups in total. The van der Waals surface area contributed by atoms with Crippen molar-refractivity contribution in [2.75, 3.05) is 13.1 Å². The molecule has 14 heteroatoms. The summed E-state index contributed by atoms with van der Waals surface area (Å²) < 4.78 is 0. The summed E-state index contributed by atoms with van der Waals surface area (Å²) in [5.74, 6) is -3.99. The number of amides is 5. The van der Waals surface area contributed by atoms with E-state index in [0.29, 0.717) is 57.8 Å². The molecule has 0 fully saturated rings. The monoisotopic (exact) mass is 623 g/mol. The number of carbonyl (C=O) groups is 9. The number of hydrogen-bond acceptors (Lipinski definition) is 9. The number of unbranched alkanes of at least 4 members (excludes halogenated alkanes) is 4. The van der Waals surface area contributed by atoms with E-state index in [0.717, 1.165) is 0 Å². The molecule has 44 heavy (non-hydrogen) atoms. The van der Waals surface area contributed by atoms with Crippen molar-refractivity contribution in [2.45, 2.75) is 123 Å². The van der Waals surface area contributed by atoms with Gasteiger partial charge in [-0.15, -0.1) is 0 Å². The molecule has 0 spiro atoms. The van der Waals surface area contributed by atoms with Crippen LogP contribution in [0.5, 0.6) is 0 Å². The summed E-state index contributed by atoms with van der Waals surface area (Å²) in [6.45, 7) is 3.99. The Kier molecular flexibility index (Phi) is 20.5. The lowest BCUT2D eigenvalue weighted by atomic mass is 10.0. The van der Waals surface area contributed by atoms with Crippen molar-refractivity contribution in [2.24, 2.45) is 11.5 Å². The highest BCUT2D eigenvalue weighted by atomic mass is 16.2. The molecule has 0 bridgehead atoms. The summed E-state index contributed by atoms with van der Waals surface area (Å²) in [5.41, 5.74) is 10.1. The number of primary amides is 2. The molecular formula is C30H49N5O9. The first-order valence-electron chi connectivity index (χ1n) is 15.1. The maximum absolute atomic E-state index is 12.6. The Morgan fingerprint density at radius 2 is 0.977 bits per heavy atom. The maximum atomic E-state index is 12.6. The molecule has 248 valence electrons. The molecule has 0 saturated carbocycles. The number of ketones is 4. The second-order valence-electron chi connectivity index (χ2n) is 11.0. The molecule has 0 radical (unpaired) electrons. The van der Waals surface area contributed by atoms with Gasteiger partial charge in [-0.05, 0) is 32.1 Å². The van der Waals surface area contributed by atoms with Crippen molar-refractivity contribution in [3.05, 3.63) is 0 Å². The van der Waals surface area contributed by atoms with Crippen molar-refractivity contribution in [3.63, 3.8) is 0 Å². The maximum Gasteiger partial charge on any atom is 0.224 e. The van der Waals surface area contributed by atoms with Crippen LogP contribution < -0.4 is 22.1 Å². The summed E-state index contributed by atoms with van der Waals surface area (Å²) >= 11 is 0. The molecule has 0 aliphatic heterocycles. The van der Waals surface area contributed by atoms with Gasteiger partial charge >= 0.3 is 0 Å². The summed E-state index contributed by atoms with van der Waals surface area (Å²) in [5, 5.41) is 5.03. The predicted octanol–water partition coefficient (Wildman–Crippen LogP) is 0.553. The van der Waals surface area contributed by atoms with Gasteiger partial charge in [0.2, 0.25) is 29.5 Å². The van der Waals surface area contributed by atoms with E-state index in [9.17, 15) is 43.2 Å². The van der Waals surface area contributed by atoms with E-state index in [2.05, 4.69) is 10.6 Å². The predicted molar refractivity (Wildman–Crippen MR) is 161 cm³/mol. The minimum Gasteiger partial charge on any atom is -0.369 e. The molecule has 2 atom stereocenters. The Morgan fingerprint density at radius 3 is 1.30 bits per heavy atom. The third-order valence-corrected chi connectivity index (χ3v) is 6.68. The lowest BCUT2D eigenvalue weighted by Crippen LogP contribution is -2.41. The molecule has 0 heterocycles. The van der Waals surface area contributed by atoms with E-state index in [4.69, 9.17) is 11.5 Å². The molecule has 5 amide bonds. The summed E-state index contributed by atoms with van der Waals surface area (Å²) in [4.78, 5) is 108.